The summed E-state index contributed by atoms with van der Waals surface area (Å²) >= 11 is 1.30. The zero-order chi connectivity index (χ0) is 19.2. The van der Waals surface area contributed by atoms with Crippen LogP contribution < -0.4 is 5.32 Å². The molecule has 3 aromatic rings. The maximum atomic E-state index is 12.7. The predicted octanol–water partition coefficient (Wildman–Crippen LogP) is 4.87. The van der Waals surface area contributed by atoms with Crippen molar-refractivity contribution < 1.29 is 9.72 Å². The Morgan fingerprint density at radius 2 is 1.59 bits per heavy atom. The second-order valence-corrected chi connectivity index (χ2v) is 6.52. The Morgan fingerprint density at radius 3 is 2.33 bits per heavy atom. The first-order valence-corrected chi connectivity index (χ1v) is 8.72. The fourth-order valence-electron chi connectivity index (χ4n) is 2.44. The largest absolute Gasteiger partial charge is 0.316 e. The summed E-state index contributed by atoms with van der Waals surface area (Å²) in [7, 11) is 0. The molecule has 1 amide bonds. The van der Waals surface area contributed by atoms with Gasteiger partial charge in [0.05, 0.1) is 16.1 Å². The van der Waals surface area contributed by atoms with Crippen LogP contribution in [0.2, 0.25) is 0 Å². The van der Waals surface area contributed by atoms with Crippen LogP contribution in [0.15, 0.2) is 82.6 Å². The highest BCUT2D eigenvalue weighted by atomic mass is 32.2. The van der Waals surface area contributed by atoms with Crippen LogP contribution in [-0.2, 0) is 0 Å². The fourth-order valence-corrected chi connectivity index (χ4v) is 3.46. The molecule has 0 heterocycles. The van der Waals surface area contributed by atoms with Gasteiger partial charge in [0.1, 0.15) is 11.8 Å². The number of nitro groups is 1. The zero-order valence-corrected chi connectivity index (χ0v) is 14.8. The Balaban J connectivity index is 1.91. The smallest absolute Gasteiger partial charge is 0.292 e. The Morgan fingerprint density at radius 1 is 0.963 bits per heavy atom. The molecule has 0 bridgehead atoms. The topological polar surface area (TPSA) is 96.0 Å². The van der Waals surface area contributed by atoms with Gasteiger partial charge in [0.2, 0.25) is 0 Å². The third-order valence-electron chi connectivity index (χ3n) is 3.71. The van der Waals surface area contributed by atoms with Crippen LogP contribution in [0.1, 0.15) is 15.9 Å². The van der Waals surface area contributed by atoms with E-state index in [9.17, 15) is 20.2 Å². The number of carbonyl (C=O) groups is 1. The van der Waals surface area contributed by atoms with E-state index in [0.717, 1.165) is 4.90 Å². The zero-order valence-electron chi connectivity index (χ0n) is 14.0. The summed E-state index contributed by atoms with van der Waals surface area (Å²) in [5, 5.41) is 23.0. The van der Waals surface area contributed by atoms with E-state index in [1.54, 1.807) is 48.5 Å². The lowest BCUT2D eigenvalue weighted by atomic mass is 10.2. The summed E-state index contributed by atoms with van der Waals surface area (Å²) in [5.41, 5.74) is 0.834. The van der Waals surface area contributed by atoms with Crippen LogP contribution in [-0.4, -0.2) is 10.8 Å². The van der Waals surface area contributed by atoms with Crippen LogP contribution in [0.25, 0.3) is 0 Å². The molecule has 0 saturated heterocycles. The predicted molar refractivity (Wildman–Crippen MR) is 103 cm³/mol. The van der Waals surface area contributed by atoms with E-state index in [1.165, 1.54) is 30.0 Å². The first-order chi connectivity index (χ1) is 13.1. The lowest BCUT2D eigenvalue weighted by Gasteiger charge is -2.11. The third-order valence-corrected chi connectivity index (χ3v) is 4.86. The van der Waals surface area contributed by atoms with Gasteiger partial charge >= 0.3 is 0 Å². The van der Waals surface area contributed by atoms with Crippen molar-refractivity contribution in [1.29, 1.82) is 5.26 Å². The van der Waals surface area contributed by atoms with E-state index in [2.05, 4.69) is 11.4 Å². The average Bonchev–Trinajstić information content (AvgIpc) is 2.69. The van der Waals surface area contributed by atoms with Crippen molar-refractivity contribution in [2.45, 2.75) is 9.79 Å². The number of nitrogens with one attached hydrogen (secondary N) is 1. The maximum Gasteiger partial charge on any atom is 0.292 e. The number of anilines is 1. The molecule has 3 rings (SSSR count). The number of carbonyl (C=O) groups excluding carboxylic acids is 1. The summed E-state index contributed by atoms with van der Waals surface area (Å²) in [6.45, 7) is 0. The molecule has 1 N–H and O–H groups in total. The quantitative estimate of drug-likeness (QED) is 0.507. The van der Waals surface area contributed by atoms with Crippen molar-refractivity contribution in [2.75, 3.05) is 5.32 Å². The van der Waals surface area contributed by atoms with Crippen molar-refractivity contribution in [3.63, 3.8) is 0 Å². The number of nitro benzene ring substituents is 1. The fraction of sp³-hybridized carbons (Fsp3) is 0. The molecule has 0 aliphatic carbocycles. The highest BCUT2D eigenvalue weighted by Crippen LogP contribution is 2.33. The van der Waals surface area contributed by atoms with E-state index in [-0.39, 0.29) is 11.4 Å². The number of benzene rings is 3. The molecule has 3 aromatic carbocycles. The SMILES string of the molecule is N#Cc1ccccc1Sc1ccccc1C(=O)Nc1ccccc1[N+](=O)[O-]. The number of rotatable bonds is 5. The molecular weight excluding hydrogens is 362 g/mol. The molecule has 0 radical (unpaired) electrons. The molecule has 0 aromatic heterocycles. The van der Waals surface area contributed by atoms with E-state index in [4.69, 9.17) is 0 Å². The average molecular weight is 375 g/mol. The Hall–Kier alpha value is -3.63. The molecule has 0 fully saturated rings. The first kappa shape index (κ1) is 18.2. The maximum absolute atomic E-state index is 12.7. The van der Waals surface area contributed by atoms with Gasteiger partial charge in [-0.3, -0.25) is 14.9 Å². The van der Waals surface area contributed by atoms with Gasteiger partial charge in [-0.1, -0.05) is 48.2 Å². The number of nitrogens with zero attached hydrogens (tertiary/aromatic N) is 2. The molecule has 0 saturated carbocycles. The van der Waals surface area contributed by atoms with Gasteiger partial charge in [0.15, 0.2) is 0 Å². The molecule has 132 valence electrons. The lowest BCUT2D eigenvalue weighted by molar-refractivity contribution is -0.383. The molecular formula is C20H13N3O3S. The summed E-state index contributed by atoms with van der Waals surface area (Å²) in [5.74, 6) is -0.457. The summed E-state index contributed by atoms with van der Waals surface area (Å²) in [6.07, 6.45) is 0. The number of hydrogen-bond donors (Lipinski definition) is 1. The minimum atomic E-state index is -0.542. The van der Waals surface area contributed by atoms with E-state index in [0.29, 0.717) is 16.0 Å². The van der Waals surface area contributed by atoms with Crippen LogP contribution in [0.3, 0.4) is 0 Å². The lowest BCUT2D eigenvalue weighted by Crippen LogP contribution is -2.14. The standard InChI is InChI=1S/C20H13N3O3S/c21-13-14-7-1-5-11-18(14)27-19-12-6-2-8-15(19)20(24)22-16-9-3-4-10-17(16)23(25)26/h1-12H,(H,22,24). The first-order valence-electron chi connectivity index (χ1n) is 7.91. The minimum Gasteiger partial charge on any atom is -0.316 e. The highest BCUT2D eigenvalue weighted by molar-refractivity contribution is 7.99. The van der Waals surface area contributed by atoms with Crippen LogP contribution >= 0.6 is 11.8 Å². The molecule has 0 spiro atoms. The van der Waals surface area contributed by atoms with Gasteiger partial charge in [-0.25, -0.2) is 0 Å². The van der Waals surface area contributed by atoms with Crippen molar-refractivity contribution in [3.05, 3.63) is 94.0 Å². The van der Waals surface area contributed by atoms with Crippen LogP contribution in [0.5, 0.6) is 0 Å². The van der Waals surface area contributed by atoms with Gasteiger partial charge < -0.3 is 5.32 Å². The Labute approximate surface area is 159 Å². The molecule has 7 heteroatoms. The van der Waals surface area contributed by atoms with E-state index >= 15 is 0 Å². The normalized spacial score (nSPS) is 10.0. The van der Waals surface area contributed by atoms with Gasteiger partial charge in [-0.2, -0.15) is 5.26 Å². The summed E-state index contributed by atoms with van der Waals surface area (Å²) < 4.78 is 0. The molecule has 27 heavy (non-hydrogen) atoms. The van der Waals surface area contributed by atoms with E-state index < -0.39 is 10.8 Å². The monoisotopic (exact) mass is 375 g/mol. The van der Waals surface area contributed by atoms with Gasteiger partial charge in [-0.05, 0) is 30.3 Å². The van der Waals surface area contributed by atoms with Gasteiger partial charge in [0.25, 0.3) is 11.6 Å². The second-order valence-electron chi connectivity index (χ2n) is 5.43. The minimum absolute atomic E-state index is 0.129. The second kappa shape index (κ2) is 8.17. The van der Waals surface area contributed by atoms with Crippen molar-refractivity contribution >= 4 is 29.0 Å². The summed E-state index contributed by atoms with van der Waals surface area (Å²) in [4.78, 5) is 24.7. The number of nitriles is 1. The Kier molecular flexibility index (Phi) is 5.50. The Bertz CT molecular complexity index is 1060. The van der Waals surface area contributed by atoms with Gasteiger partial charge in [0, 0.05) is 15.9 Å². The van der Waals surface area contributed by atoms with Crippen molar-refractivity contribution in [1.82, 2.24) is 0 Å². The van der Waals surface area contributed by atoms with E-state index in [1.807, 2.05) is 6.07 Å². The molecule has 0 atom stereocenters. The third kappa shape index (κ3) is 4.14. The van der Waals surface area contributed by atoms with Crippen molar-refractivity contribution in [3.8, 4) is 6.07 Å². The molecule has 0 aliphatic rings. The van der Waals surface area contributed by atoms with Gasteiger partial charge in [-0.15, -0.1) is 0 Å². The van der Waals surface area contributed by atoms with Crippen LogP contribution in [0.4, 0.5) is 11.4 Å². The summed E-state index contributed by atoms with van der Waals surface area (Å²) in [6, 6.07) is 22.1. The number of amides is 1. The molecule has 0 unspecified atom stereocenters. The number of hydrogen-bond acceptors (Lipinski definition) is 5. The highest BCUT2D eigenvalue weighted by Gasteiger charge is 2.18. The molecule has 0 aliphatic heterocycles. The number of para-hydroxylation sites is 2. The van der Waals surface area contributed by atoms with Crippen LogP contribution in [0, 0.1) is 21.4 Å². The molecule has 6 nitrogen and oxygen atoms in total. The van der Waals surface area contributed by atoms with Crippen molar-refractivity contribution in [2.24, 2.45) is 0 Å².